The molecule has 0 bridgehead atoms. The number of imidazole rings is 1. The third-order valence-corrected chi connectivity index (χ3v) is 8.15. The molecule has 0 radical (unpaired) electrons. The molecule has 4 aromatic rings. The van der Waals surface area contributed by atoms with Crippen LogP contribution in [0.15, 0.2) is 42.6 Å². The third-order valence-electron chi connectivity index (χ3n) is 8.15. The smallest absolute Gasteiger partial charge is 0.414 e. The molecule has 3 heterocycles. The number of hydrogen-bond acceptors (Lipinski definition) is 3. The summed E-state index contributed by atoms with van der Waals surface area (Å²) in [4.78, 5) is 19.7. The minimum Gasteiger partial charge on any atom is -0.452 e. The van der Waals surface area contributed by atoms with E-state index in [0.717, 1.165) is 36.3 Å². The molecule has 1 saturated carbocycles. The number of benzene rings is 2. The molecule has 1 amide bonds. The number of aryl methyl sites for hydroxylation is 2. The van der Waals surface area contributed by atoms with E-state index in [9.17, 15) is 4.79 Å². The summed E-state index contributed by atoms with van der Waals surface area (Å²) in [6.45, 7) is 2.09. The van der Waals surface area contributed by atoms with Crippen LogP contribution in [0, 0.1) is 0 Å². The van der Waals surface area contributed by atoms with E-state index in [1.54, 1.807) is 4.90 Å². The zero-order valence-corrected chi connectivity index (χ0v) is 21.0. The van der Waals surface area contributed by atoms with Gasteiger partial charge in [0.2, 0.25) is 0 Å². The van der Waals surface area contributed by atoms with Gasteiger partial charge in [-0.25, -0.2) is 9.78 Å². The first kappa shape index (κ1) is 22.2. The molecule has 2 aliphatic rings. The lowest BCUT2D eigenvalue weighted by molar-refractivity contribution is 0.175. The standard InChI is InChI=1S/C29H34N4O2/c1-19-9-11-23-25(32(19)29(34)35-3)13-14-26-28(23)30-27(33(26)22-7-5-4-6-8-22)18-20-10-12-24-21(17-20)15-16-31(24)2/h10,12-17,19,22H,4-9,11,18H2,1-3H3/t19-/m0/s1. The molecule has 6 rings (SSSR count). The maximum absolute atomic E-state index is 12.6. The third kappa shape index (κ3) is 3.70. The quantitative estimate of drug-likeness (QED) is 0.342. The Kier molecular flexibility index (Phi) is 5.54. The first-order valence-corrected chi connectivity index (χ1v) is 13.0. The highest BCUT2D eigenvalue weighted by atomic mass is 16.5. The van der Waals surface area contributed by atoms with E-state index in [2.05, 4.69) is 65.7 Å². The zero-order chi connectivity index (χ0) is 24.1. The van der Waals surface area contributed by atoms with E-state index in [0.29, 0.717) is 6.04 Å². The molecule has 0 saturated heterocycles. The summed E-state index contributed by atoms with van der Waals surface area (Å²) < 4.78 is 9.82. The van der Waals surface area contributed by atoms with Crippen molar-refractivity contribution in [2.45, 2.75) is 70.4 Å². The van der Waals surface area contributed by atoms with Crippen LogP contribution < -0.4 is 4.90 Å². The van der Waals surface area contributed by atoms with Crippen molar-refractivity contribution in [1.29, 1.82) is 0 Å². The highest BCUT2D eigenvalue weighted by Crippen LogP contribution is 2.39. The Balaban J connectivity index is 1.49. The minimum absolute atomic E-state index is 0.116. The summed E-state index contributed by atoms with van der Waals surface area (Å²) in [7, 11) is 3.55. The summed E-state index contributed by atoms with van der Waals surface area (Å²) in [5.41, 5.74) is 6.94. The number of amides is 1. The SMILES string of the molecule is COC(=O)N1c2ccc3c(nc(Cc4ccc5c(ccn5C)c4)n3C3CCCCC3)c2CC[C@@H]1C. The van der Waals surface area contributed by atoms with Gasteiger partial charge < -0.3 is 13.9 Å². The monoisotopic (exact) mass is 470 g/mol. The van der Waals surface area contributed by atoms with Crippen LogP contribution in [-0.2, 0) is 24.6 Å². The molecule has 0 spiro atoms. The molecule has 1 aliphatic heterocycles. The van der Waals surface area contributed by atoms with Crippen LogP contribution in [0.4, 0.5) is 10.5 Å². The molecule has 182 valence electrons. The summed E-state index contributed by atoms with van der Waals surface area (Å²) >= 11 is 0. The lowest BCUT2D eigenvalue weighted by Crippen LogP contribution is -2.42. The number of ether oxygens (including phenoxy) is 1. The fraction of sp³-hybridized carbons (Fsp3) is 0.448. The molecule has 0 unspecified atom stereocenters. The van der Waals surface area contributed by atoms with Gasteiger partial charge in [-0.05, 0) is 73.9 Å². The van der Waals surface area contributed by atoms with E-state index in [1.807, 2.05) is 0 Å². The van der Waals surface area contributed by atoms with E-state index in [1.165, 1.54) is 66.8 Å². The highest BCUT2D eigenvalue weighted by Gasteiger charge is 2.32. The van der Waals surface area contributed by atoms with E-state index < -0.39 is 0 Å². The number of carbonyl (C=O) groups excluding carboxylic acids is 1. The Morgan fingerprint density at radius 1 is 1.06 bits per heavy atom. The number of hydrogen-bond donors (Lipinski definition) is 0. The lowest BCUT2D eigenvalue weighted by Gasteiger charge is -2.34. The summed E-state index contributed by atoms with van der Waals surface area (Å²) in [6, 6.07) is 13.8. The number of methoxy groups -OCH3 is 1. The number of fused-ring (bicyclic) bond motifs is 4. The van der Waals surface area contributed by atoms with Gasteiger partial charge in [-0.1, -0.05) is 25.3 Å². The van der Waals surface area contributed by atoms with Gasteiger partial charge >= 0.3 is 6.09 Å². The molecule has 35 heavy (non-hydrogen) atoms. The van der Waals surface area contributed by atoms with Crippen LogP contribution >= 0.6 is 0 Å². The van der Waals surface area contributed by atoms with Gasteiger partial charge in [0.05, 0.1) is 23.8 Å². The van der Waals surface area contributed by atoms with Crippen LogP contribution in [0.2, 0.25) is 0 Å². The van der Waals surface area contributed by atoms with Crippen LogP contribution in [0.5, 0.6) is 0 Å². The topological polar surface area (TPSA) is 52.3 Å². The highest BCUT2D eigenvalue weighted by molar-refractivity contribution is 5.95. The Morgan fingerprint density at radius 2 is 1.86 bits per heavy atom. The second kappa shape index (κ2) is 8.74. The number of rotatable bonds is 3. The Bertz CT molecular complexity index is 1410. The molecule has 2 aromatic heterocycles. The van der Waals surface area contributed by atoms with Gasteiger partial charge in [-0.15, -0.1) is 0 Å². The van der Waals surface area contributed by atoms with Crippen molar-refractivity contribution in [2.75, 3.05) is 12.0 Å². The van der Waals surface area contributed by atoms with Crippen LogP contribution in [0.3, 0.4) is 0 Å². The summed E-state index contributed by atoms with van der Waals surface area (Å²) in [5.74, 6) is 1.14. The minimum atomic E-state index is -0.291. The first-order valence-electron chi connectivity index (χ1n) is 13.0. The van der Waals surface area contributed by atoms with E-state index in [4.69, 9.17) is 9.72 Å². The molecule has 0 N–H and O–H groups in total. The molecule has 6 heteroatoms. The van der Waals surface area contributed by atoms with Crippen molar-refractivity contribution in [3.05, 3.63) is 59.5 Å². The van der Waals surface area contributed by atoms with Crippen LogP contribution in [-0.4, -0.2) is 33.4 Å². The van der Waals surface area contributed by atoms with Crippen molar-refractivity contribution in [1.82, 2.24) is 14.1 Å². The maximum Gasteiger partial charge on any atom is 0.414 e. The molecule has 2 aromatic carbocycles. The number of anilines is 1. The predicted octanol–water partition coefficient (Wildman–Crippen LogP) is 6.53. The van der Waals surface area contributed by atoms with Crippen LogP contribution in [0.25, 0.3) is 21.9 Å². The van der Waals surface area contributed by atoms with Gasteiger partial charge in [0.1, 0.15) is 5.82 Å². The van der Waals surface area contributed by atoms with Crippen molar-refractivity contribution in [2.24, 2.45) is 7.05 Å². The molecule has 6 nitrogen and oxygen atoms in total. The molecule has 1 aliphatic carbocycles. The van der Waals surface area contributed by atoms with Gasteiger partial charge in [0.25, 0.3) is 0 Å². The Labute approximate surface area is 206 Å². The zero-order valence-electron chi connectivity index (χ0n) is 21.0. The van der Waals surface area contributed by atoms with Gasteiger partial charge in [-0.3, -0.25) is 4.90 Å². The van der Waals surface area contributed by atoms with Crippen molar-refractivity contribution in [3.63, 3.8) is 0 Å². The molecular formula is C29H34N4O2. The second-order valence-electron chi connectivity index (χ2n) is 10.3. The van der Waals surface area contributed by atoms with Crippen molar-refractivity contribution >= 4 is 33.7 Å². The largest absolute Gasteiger partial charge is 0.452 e. The predicted molar refractivity (Wildman–Crippen MR) is 140 cm³/mol. The molecule has 1 fully saturated rings. The van der Waals surface area contributed by atoms with E-state index in [-0.39, 0.29) is 12.1 Å². The number of nitrogens with zero attached hydrogens (tertiary/aromatic N) is 4. The van der Waals surface area contributed by atoms with Crippen molar-refractivity contribution in [3.8, 4) is 0 Å². The summed E-state index contributed by atoms with van der Waals surface area (Å²) in [6.07, 6.45) is 10.8. The second-order valence-corrected chi connectivity index (χ2v) is 10.3. The van der Waals surface area contributed by atoms with Crippen LogP contribution in [0.1, 0.15) is 68.4 Å². The average Bonchev–Trinajstić information content (AvgIpc) is 3.43. The number of carbonyl (C=O) groups is 1. The van der Waals surface area contributed by atoms with Gasteiger partial charge in [0, 0.05) is 42.8 Å². The molecular weight excluding hydrogens is 436 g/mol. The fourth-order valence-corrected chi connectivity index (χ4v) is 6.32. The summed E-state index contributed by atoms with van der Waals surface area (Å²) in [5, 5.41) is 1.27. The number of aromatic nitrogens is 3. The van der Waals surface area contributed by atoms with Gasteiger partial charge in [0.15, 0.2) is 0 Å². The Hall–Kier alpha value is -3.28. The molecule has 1 atom stereocenters. The normalized spacial score (nSPS) is 18.8. The maximum atomic E-state index is 12.6. The van der Waals surface area contributed by atoms with Crippen molar-refractivity contribution < 1.29 is 9.53 Å². The first-order chi connectivity index (χ1) is 17.0. The van der Waals surface area contributed by atoms with E-state index >= 15 is 0 Å². The average molecular weight is 471 g/mol. The fourth-order valence-electron chi connectivity index (χ4n) is 6.32. The Morgan fingerprint density at radius 3 is 2.66 bits per heavy atom. The lowest BCUT2D eigenvalue weighted by atomic mass is 9.94. The van der Waals surface area contributed by atoms with Gasteiger partial charge in [-0.2, -0.15) is 0 Å².